The predicted molar refractivity (Wildman–Crippen MR) is 30.7 cm³/mol. The molecular formula is C4H8N2O4. The van der Waals surface area contributed by atoms with Crippen molar-refractivity contribution in [1.82, 2.24) is 5.32 Å². The third kappa shape index (κ3) is 2.16. The van der Waals surface area contributed by atoms with Crippen molar-refractivity contribution in [2.24, 2.45) is 0 Å². The molecule has 0 spiro atoms. The Bertz CT molecular complexity index is 122. The molecule has 6 nitrogen and oxygen atoms in total. The Morgan fingerprint density at radius 2 is 2.70 bits per heavy atom. The average Bonchev–Trinajstić information content (AvgIpc) is 2.34. The molecule has 1 N–H and O–H groups in total. The van der Waals surface area contributed by atoms with Gasteiger partial charge in [-0.25, -0.2) is 0 Å². The van der Waals surface area contributed by atoms with Gasteiger partial charge in [-0.2, -0.15) is 0 Å². The molecule has 0 aliphatic carbocycles. The molecule has 58 valence electrons. The molecule has 6 heteroatoms. The number of ether oxygens (including phenoxy) is 1. The van der Waals surface area contributed by atoms with Crippen molar-refractivity contribution >= 4 is 0 Å². The fraction of sp³-hybridized carbons (Fsp3) is 1.00. The molecule has 0 aromatic rings. The van der Waals surface area contributed by atoms with Crippen molar-refractivity contribution in [1.29, 1.82) is 0 Å². The van der Waals surface area contributed by atoms with E-state index in [4.69, 9.17) is 4.74 Å². The van der Waals surface area contributed by atoms with E-state index in [1.165, 1.54) is 0 Å². The van der Waals surface area contributed by atoms with Crippen molar-refractivity contribution in [2.75, 3.05) is 19.8 Å². The summed E-state index contributed by atoms with van der Waals surface area (Å²) in [6, 6.07) is 0. The molecule has 1 aliphatic rings. The van der Waals surface area contributed by atoms with E-state index in [2.05, 4.69) is 10.2 Å². The Hall–Kier alpha value is -0.880. The molecule has 1 aliphatic heterocycles. The van der Waals surface area contributed by atoms with E-state index in [9.17, 15) is 10.1 Å². The SMILES string of the molecule is O=[N+]([O-])OCC1NCCO1. The van der Waals surface area contributed by atoms with Crippen LogP contribution in [-0.2, 0) is 9.57 Å². The molecule has 1 saturated heterocycles. The van der Waals surface area contributed by atoms with E-state index in [0.717, 1.165) is 6.54 Å². The van der Waals surface area contributed by atoms with Gasteiger partial charge in [0.05, 0.1) is 6.61 Å². The summed E-state index contributed by atoms with van der Waals surface area (Å²) >= 11 is 0. The van der Waals surface area contributed by atoms with Gasteiger partial charge in [0.25, 0.3) is 5.09 Å². The van der Waals surface area contributed by atoms with Crippen LogP contribution in [0.25, 0.3) is 0 Å². The maximum Gasteiger partial charge on any atom is 0.294 e. The van der Waals surface area contributed by atoms with Crippen LogP contribution in [0.2, 0.25) is 0 Å². The lowest BCUT2D eigenvalue weighted by Crippen LogP contribution is -2.29. The van der Waals surface area contributed by atoms with Crippen LogP contribution in [0.1, 0.15) is 0 Å². The van der Waals surface area contributed by atoms with Crippen LogP contribution in [0.5, 0.6) is 0 Å². The molecule has 0 radical (unpaired) electrons. The molecule has 1 rings (SSSR count). The topological polar surface area (TPSA) is 73.6 Å². The van der Waals surface area contributed by atoms with Crippen molar-refractivity contribution in [3.63, 3.8) is 0 Å². The van der Waals surface area contributed by atoms with Gasteiger partial charge < -0.3 is 9.57 Å². The summed E-state index contributed by atoms with van der Waals surface area (Å²) in [6.45, 7) is 1.28. The van der Waals surface area contributed by atoms with Crippen LogP contribution < -0.4 is 5.32 Å². The summed E-state index contributed by atoms with van der Waals surface area (Å²) < 4.78 is 4.96. The first-order chi connectivity index (χ1) is 4.79. The third-order valence-corrected chi connectivity index (χ3v) is 1.12. The summed E-state index contributed by atoms with van der Waals surface area (Å²) in [5.41, 5.74) is 0. The number of hydrogen-bond acceptors (Lipinski definition) is 5. The van der Waals surface area contributed by atoms with Crippen LogP contribution in [-0.4, -0.2) is 31.1 Å². The van der Waals surface area contributed by atoms with E-state index in [0.29, 0.717) is 6.61 Å². The minimum Gasteiger partial charge on any atom is -0.360 e. The highest BCUT2D eigenvalue weighted by atomic mass is 17.0. The lowest BCUT2D eigenvalue weighted by atomic mass is 10.6. The van der Waals surface area contributed by atoms with Crippen LogP contribution in [0.3, 0.4) is 0 Å². The zero-order chi connectivity index (χ0) is 7.40. The van der Waals surface area contributed by atoms with Crippen LogP contribution in [0, 0.1) is 10.1 Å². The van der Waals surface area contributed by atoms with Gasteiger partial charge in [-0.3, -0.25) is 5.32 Å². The van der Waals surface area contributed by atoms with E-state index >= 15 is 0 Å². The first kappa shape index (κ1) is 7.23. The zero-order valence-corrected chi connectivity index (χ0v) is 5.28. The Kier molecular flexibility index (Phi) is 2.41. The number of nitrogens with one attached hydrogen (secondary N) is 1. The van der Waals surface area contributed by atoms with Crippen LogP contribution in [0.15, 0.2) is 0 Å². The quantitative estimate of drug-likeness (QED) is 0.416. The maximum atomic E-state index is 9.66. The van der Waals surface area contributed by atoms with Crippen molar-refractivity contribution in [3.8, 4) is 0 Å². The fourth-order valence-corrected chi connectivity index (χ4v) is 0.716. The maximum absolute atomic E-state index is 9.66. The Morgan fingerprint density at radius 3 is 3.20 bits per heavy atom. The molecule has 1 unspecified atom stereocenters. The molecule has 0 aromatic heterocycles. The van der Waals surface area contributed by atoms with Crippen LogP contribution >= 0.6 is 0 Å². The Morgan fingerprint density at radius 1 is 1.90 bits per heavy atom. The first-order valence-corrected chi connectivity index (χ1v) is 2.91. The summed E-state index contributed by atoms with van der Waals surface area (Å²) in [5.74, 6) is 0. The summed E-state index contributed by atoms with van der Waals surface area (Å²) in [6.07, 6.45) is -0.314. The monoisotopic (exact) mass is 148 g/mol. The van der Waals surface area contributed by atoms with E-state index in [1.54, 1.807) is 0 Å². The second-order valence-corrected chi connectivity index (χ2v) is 1.83. The molecule has 0 saturated carbocycles. The lowest BCUT2D eigenvalue weighted by Gasteiger charge is -2.06. The molecule has 0 amide bonds. The summed E-state index contributed by atoms with van der Waals surface area (Å²) in [5, 5.41) is 11.7. The Labute approximate surface area is 57.2 Å². The number of hydrogen-bond donors (Lipinski definition) is 1. The van der Waals surface area contributed by atoms with E-state index in [-0.39, 0.29) is 12.8 Å². The van der Waals surface area contributed by atoms with Gasteiger partial charge in [-0.15, -0.1) is 10.1 Å². The van der Waals surface area contributed by atoms with Gasteiger partial charge >= 0.3 is 0 Å². The fourth-order valence-electron chi connectivity index (χ4n) is 0.716. The zero-order valence-electron chi connectivity index (χ0n) is 5.28. The highest BCUT2D eigenvalue weighted by Crippen LogP contribution is 1.94. The molecule has 1 atom stereocenters. The largest absolute Gasteiger partial charge is 0.360 e. The van der Waals surface area contributed by atoms with Crippen molar-refractivity contribution in [2.45, 2.75) is 6.23 Å². The van der Waals surface area contributed by atoms with Crippen LogP contribution in [0.4, 0.5) is 0 Å². The smallest absolute Gasteiger partial charge is 0.294 e. The third-order valence-electron chi connectivity index (χ3n) is 1.12. The minimum atomic E-state index is -0.830. The van der Waals surface area contributed by atoms with Gasteiger partial charge in [0, 0.05) is 6.54 Å². The molecule has 1 heterocycles. The molecular weight excluding hydrogens is 140 g/mol. The Balaban J connectivity index is 2.07. The van der Waals surface area contributed by atoms with E-state index < -0.39 is 5.09 Å². The van der Waals surface area contributed by atoms with Crippen molar-refractivity contribution < 1.29 is 14.7 Å². The minimum absolute atomic E-state index is 0.0347. The van der Waals surface area contributed by atoms with Gasteiger partial charge in [-0.05, 0) is 0 Å². The first-order valence-electron chi connectivity index (χ1n) is 2.91. The predicted octanol–water partition coefficient (Wildman–Crippen LogP) is -0.859. The standard InChI is InChI=1S/C4H8N2O4/c7-6(8)10-3-4-5-1-2-9-4/h4-5H,1-3H2. The van der Waals surface area contributed by atoms with E-state index in [1.807, 2.05) is 0 Å². The molecule has 10 heavy (non-hydrogen) atoms. The summed E-state index contributed by atoms with van der Waals surface area (Å²) in [4.78, 5) is 13.7. The van der Waals surface area contributed by atoms with Gasteiger partial charge in [-0.1, -0.05) is 0 Å². The highest BCUT2D eigenvalue weighted by Gasteiger charge is 2.15. The summed E-state index contributed by atoms with van der Waals surface area (Å²) in [7, 11) is 0. The second kappa shape index (κ2) is 3.33. The van der Waals surface area contributed by atoms with Gasteiger partial charge in [0.1, 0.15) is 12.8 Å². The van der Waals surface area contributed by atoms with Gasteiger partial charge in [0.15, 0.2) is 0 Å². The molecule has 1 fully saturated rings. The second-order valence-electron chi connectivity index (χ2n) is 1.83. The number of nitrogens with zero attached hydrogens (tertiary/aromatic N) is 1. The highest BCUT2D eigenvalue weighted by molar-refractivity contribution is 4.60. The molecule has 0 aromatic carbocycles. The average molecular weight is 148 g/mol. The number of rotatable bonds is 3. The van der Waals surface area contributed by atoms with Crippen molar-refractivity contribution in [3.05, 3.63) is 10.1 Å². The van der Waals surface area contributed by atoms with Gasteiger partial charge in [0.2, 0.25) is 0 Å². The normalized spacial score (nSPS) is 24.6. The lowest BCUT2D eigenvalue weighted by molar-refractivity contribution is -0.759. The molecule has 0 bridgehead atoms.